The fourth-order valence-corrected chi connectivity index (χ4v) is 2.39. The van der Waals surface area contributed by atoms with Crippen LogP contribution >= 0.6 is 0 Å². The van der Waals surface area contributed by atoms with Crippen LogP contribution in [0, 0.1) is 0 Å². The number of hydrogen-bond donors (Lipinski definition) is 2. The van der Waals surface area contributed by atoms with Crippen LogP contribution in [-0.4, -0.2) is 18.5 Å². The van der Waals surface area contributed by atoms with Gasteiger partial charge in [0.15, 0.2) is 5.96 Å². The molecular formula is C17H19N3. The lowest BCUT2D eigenvalue weighted by atomic mass is 10.1. The van der Waals surface area contributed by atoms with Crippen molar-refractivity contribution < 1.29 is 0 Å². The summed E-state index contributed by atoms with van der Waals surface area (Å²) in [5, 5.41) is 6.80. The molecule has 0 bridgehead atoms. The number of nitrogens with one attached hydrogen (secondary N) is 2. The largest absolute Gasteiger partial charge is 0.352 e. The molecule has 0 radical (unpaired) electrons. The summed E-state index contributed by atoms with van der Waals surface area (Å²) in [6.45, 7) is 1.65. The van der Waals surface area contributed by atoms with Crippen LogP contribution in [0.3, 0.4) is 0 Å². The monoisotopic (exact) mass is 265 g/mol. The molecule has 0 amide bonds. The van der Waals surface area contributed by atoms with Crippen molar-refractivity contribution in [2.75, 3.05) is 6.54 Å². The molecular weight excluding hydrogens is 246 g/mol. The molecule has 0 fully saturated rings. The van der Waals surface area contributed by atoms with Crippen LogP contribution in [0.5, 0.6) is 0 Å². The van der Waals surface area contributed by atoms with Gasteiger partial charge in [0.2, 0.25) is 0 Å². The quantitative estimate of drug-likeness (QED) is 0.890. The van der Waals surface area contributed by atoms with E-state index in [1.165, 1.54) is 11.1 Å². The van der Waals surface area contributed by atoms with E-state index >= 15 is 0 Å². The molecule has 0 saturated carbocycles. The van der Waals surface area contributed by atoms with E-state index in [1.54, 1.807) is 0 Å². The van der Waals surface area contributed by atoms with E-state index in [2.05, 4.69) is 70.2 Å². The number of hydrogen-bond acceptors (Lipinski definition) is 3. The average Bonchev–Trinajstić information content (AvgIpc) is 2.95. The third kappa shape index (κ3) is 3.38. The molecule has 2 N–H and O–H groups in total. The molecule has 1 heterocycles. The molecule has 3 rings (SSSR count). The Kier molecular flexibility index (Phi) is 3.97. The van der Waals surface area contributed by atoms with Crippen LogP contribution in [0.15, 0.2) is 65.7 Å². The fourth-order valence-electron chi connectivity index (χ4n) is 2.39. The first kappa shape index (κ1) is 12.7. The van der Waals surface area contributed by atoms with E-state index in [0.717, 1.165) is 25.5 Å². The molecule has 0 aliphatic carbocycles. The van der Waals surface area contributed by atoms with E-state index in [1.807, 2.05) is 6.07 Å². The van der Waals surface area contributed by atoms with E-state index in [0.29, 0.717) is 6.04 Å². The molecule has 1 unspecified atom stereocenters. The highest BCUT2D eigenvalue weighted by Crippen LogP contribution is 2.06. The van der Waals surface area contributed by atoms with Gasteiger partial charge in [0.05, 0.1) is 12.6 Å². The summed E-state index contributed by atoms with van der Waals surface area (Å²) in [4.78, 5) is 4.52. The summed E-state index contributed by atoms with van der Waals surface area (Å²) in [6, 6.07) is 21.3. The van der Waals surface area contributed by atoms with Crippen molar-refractivity contribution in [1.29, 1.82) is 0 Å². The van der Waals surface area contributed by atoms with Crippen molar-refractivity contribution >= 4 is 5.96 Å². The van der Waals surface area contributed by atoms with Gasteiger partial charge < -0.3 is 10.6 Å². The molecule has 20 heavy (non-hydrogen) atoms. The second-order valence-electron chi connectivity index (χ2n) is 5.06. The van der Waals surface area contributed by atoms with E-state index in [-0.39, 0.29) is 0 Å². The van der Waals surface area contributed by atoms with Crippen LogP contribution in [0.1, 0.15) is 11.1 Å². The zero-order valence-corrected chi connectivity index (χ0v) is 11.4. The Morgan fingerprint density at radius 2 is 1.60 bits per heavy atom. The maximum Gasteiger partial charge on any atom is 0.191 e. The summed E-state index contributed by atoms with van der Waals surface area (Å²) in [7, 11) is 0. The van der Waals surface area contributed by atoms with Gasteiger partial charge in [0.1, 0.15) is 0 Å². The third-order valence-corrected chi connectivity index (χ3v) is 3.44. The zero-order chi connectivity index (χ0) is 13.6. The van der Waals surface area contributed by atoms with Crippen molar-refractivity contribution in [3.63, 3.8) is 0 Å². The highest BCUT2D eigenvalue weighted by molar-refractivity contribution is 5.81. The Hall–Kier alpha value is -2.29. The Morgan fingerprint density at radius 1 is 0.950 bits per heavy atom. The first-order valence-corrected chi connectivity index (χ1v) is 7.03. The van der Waals surface area contributed by atoms with Crippen LogP contribution in [-0.2, 0) is 13.0 Å². The average molecular weight is 265 g/mol. The summed E-state index contributed by atoms with van der Waals surface area (Å²) < 4.78 is 0. The van der Waals surface area contributed by atoms with Gasteiger partial charge in [-0.25, -0.2) is 0 Å². The summed E-state index contributed by atoms with van der Waals surface area (Å²) >= 11 is 0. The molecule has 3 nitrogen and oxygen atoms in total. The van der Waals surface area contributed by atoms with Gasteiger partial charge in [-0.1, -0.05) is 60.7 Å². The minimum Gasteiger partial charge on any atom is -0.352 e. The maximum absolute atomic E-state index is 4.52. The third-order valence-electron chi connectivity index (χ3n) is 3.44. The minimum absolute atomic E-state index is 0.399. The number of benzene rings is 2. The number of guanidine groups is 1. The maximum atomic E-state index is 4.52. The predicted molar refractivity (Wildman–Crippen MR) is 82.7 cm³/mol. The molecule has 1 atom stereocenters. The topological polar surface area (TPSA) is 36.4 Å². The van der Waals surface area contributed by atoms with Crippen LogP contribution in [0.2, 0.25) is 0 Å². The van der Waals surface area contributed by atoms with Crippen molar-refractivity contribution in [2.45, 2.75) is 19.0 Å². The number of nitrogens with zero attached hydrogens (tertiary/aromatic N) is 1. The first-order valence-electron chi connectivity index (χ1n) is 7.03. The van der Waals surface area contributed by atoms with Crippen molar-refractivity contribution in [3.05, 3.63) is 71.8 Å². The lowest BCUT2D eigenvalue weighted by Gasteiger charge is -2.12. The molecule has 3 heteroatoms. The van der Waals surface area contributed by atoms with Crippen molar-refractivity contribution in [3.8, 4) is 0 Å². The van der Waals surface area contributed by atoms with Crippen LogP contribution in [0.4, 0.5) is 0 Å². The van der Waals surface area contributed by atoms with E-state index in [9.17, 15) is 0 Å². The SMILES string of the molecule is c1ccc(CNC2=NCC(Cc3ccccc3)N2)cc1. The predicted octanol–water partition coefficient (Wildman–Crippen LogP) is 2.35. The van der Waals surface area contributed by atoms with Gasteiger partial charge in [-0.3, -0.25) is 4.99 Å². The zero-order valence-electron chi connectivity index (χ0n) is 11.4. The van der Waals surface area contributed by atoms with Crippen LogP contribution < -0.4 is 10.6 Å². The Balaban J connectivity index is 1.47. The van der Waals surface area contributed by atoms with Gasteiger partial charge in [-0.2, -0.15) is 0 Å². The highest BCUT2D eigenvalue weighted by atomic mass is 15.2. The second-order valence-corrected chi connectivity index (χ2v) is 5.06. The Labute approximate surface area is 119 Å². The smallest absolute Gasteiger partial charge is 0.191 e. The van der Waals surface area contributed by atoms with Gasteiger partial charge in [-0.05, 0) is 17.5 Å². The molecule has 2 aromatic rings. The second kappa shape index (κ2) is 6.24. The number of rotatable bonds is 4. The Morgan fingerprint density at radius 3 is 2.30 bits per heavy atom. The highest BCUT2D eigenvalue weighted by Gasteiger charge is 2.17. The van der Waals surface area contributed by atoms with Crippen LogP contribution in [0.25, 0.3) is 0 Å². The van der Waals surface area contributed by atoms with Gasteiger partial charge in [-0.15, -0.1) is 0 Å². The molecule has 0 spiro atoms. The minimum atomic E-state index is 0.399. The molecule has 102 valence electrons. The normalized spacial score (nSPS) is 17.4. The van der Waals surface area contributed by atoms with Gasteiger partial charge in [0, 0.05) is 6.54 Å². The summed E-state index contributed by atoms with van der Waals surface area (Å²) in [6.07, 6.45) is 1.01. The van der Waals surface area contributed by atoms with E-state index in [4.69, 9.17) is 0 Å². The first-order chi connectivity index (χ1) is 9.90. The molecule has 2 aromatic carbocycles. The summed E-state index contributed by atoms with van der Waals surface area (Å²) in [5.74, 6) is 0.912. The van der Waals surface area contributed by atoms with Crippen molar-refractivity contribution in [1.82, 2.24) is 10.6 Å². The fraction of sp³-hybridized carbons (Fsp3) is 0.235. The lowest BCUT2D eigenvalue weighted by molar-refractivity contribution is 0.646. The Bertz CT molecular complexity index is 563. The molecule has 0 saturated heterocycles. The molecule has 1 aliphatic heterocycles. The molecule has 1 aliphatic rings. The van der Waals surface area contributed by atoms with E-state index < -0.39 is 0 Å². The number of aliphatic imine (C=N–C) groups is 1. The van der Waals surface area contributed by atoms with Crippen molar-refractivity contribution in [2.24, 2.45) is 4.99 Å². The standard InChI is InChI=1S/C17H19N3/c1-3-7-14(8-4-1)11-16-13-19-17(20-16)18-12-15-9-5-2-6-10-15/h1-10,16H,11-13H2,(H2,18,19,20). The lowest BCUT2D eigenvalue weighted by Crippen LogP contribution is -2.39. The van der Waals surface area contributed by atoms with Gasteiger partial charge >= 0.3 is 0 Å². The van der Waals surface area contributed by atoms with Gasteiger partial charge in [0.25, 0.3) is 0 Å². The molecule has 0 aromatic heterocycles. The summed E-state index contributed by atoms with van der Waals surface area (Å²) in [5.41, 5.74) is 2.62.